The molecule has 0 bridgehead atoms. The number of pyridine rings is 1. The molecule has 0 amide bonds. The van der Waals surface area contributed by atoms with Crippen molar-refractivity contribution in [2.75, 3.05) is 11.1 Å². The first-order valence-corrected chi connectivity index (χ1v) is 5.77. The molecular formula is C12H11Cl2N3. The molecule has 0 radical (unpaired) electrons. The predicted molar refractivity (Wildman–Crippen MR) is 73.1 cm³/mol. The normalized spacial score (nSPS) is 10.3. The number of hydrogen-bond acceptors (Lipinski definition) is 3. The number of halogens is 2. The van der Waals surface area contributed by atoms with Crippen LogP contribution in [-0.2, 0) is 0 Å². The first-order chi connectivity index (χ1) is 8.09. The lowest BCUT2D eigenvalue weighted by molar-refractivity contribution is 1.28. The van der Waals surface area contributed by atoms with Gasteiger partial charge in [-0.1, -0.05) is 29.3 Å². The number of nitrogens with zero attached hydrogens (tertiary/aromatic N) is 1. The van der Waals surface area contributed by atoms with E-state index in [1.165, 1.54) is 0 Å². The first-order valence-electron chi connectivity index (χ1n) is 5.01. The van der Waals surface area contributed by atoms with Gasteiger partial charge in [-0.25, -0.2) is 4.98 Å². The van der Waals surface area contributed by atoms with Crippen molar-refractivity contribution < 1.29 is 0 Å². The number of para-hydroxylation sites is 1. The second-order valence-electron chi connectivity index (χ2n) is 3.61. The highest BCUT2D eigenvalue weighted by Crippen LogP contribution is 2.33. The molecule has 0 saturated heterocycles. The Morgan fingerprint density at radius 2 is 1.82 bits per heavy atom. The lowest BCUT2D eigenvalue weighted by atomic mass is 10.2. The molecule has 0 atom stereocenters. The Labute approximate surface area is 110 Å². The quantitative estimate of drug-likeness (QED) is 0.864. The molecule has 1 aromatic carbocycles. The van der Waals surface area contributed by atoms with Crippen LogP contribution in [0.5, 0.6) is 0 Å². The highest BCUT2D eigenvalue weighted by molar-refractivity contribution is 6.39. The number of hydrogen-bond donors (Lipinski definition) is 2. The number of anilines is 3. The Bertz CT molecular complexity index is 535. The summed E-state index contributed by atoms with van der Waals surface area (Å²) in [6.45, 7) is 1.91. The molecule has 3 N–H and O–H groups in total. The van der Waals surface area contributed by atoms with Crippen LogP contribution in [0.2, 0.25) is 10.0 Å². The van der Waals surface area contributed by atoms with Gasteiger partial charge >= 0.3 is 0 Å². The summed E-state index contributed by atoms with van der Waals surface area (Å²) in [5.41, 5.74) is 8.07. The van der Waals surface area contributed by atoms with Crippen molar-refractivity contribution in [2.45, 2.75) is 6.92 Å². The van der Waals surface area contributed by atoms with E-state index < -0.39 is 0 Å². The molecular weight excluding hydrogens is 257 g/mol. The van der Waals surface area contributed by atoms with Gasteiger partial charge in [0.1, 0.15) is 0 Å². The van der Waals surface area contributed by atoms with Gasteiger partial charge in [-0.2, -0.15) is 0 Å². The summed E-state index contributed by atoms with van der Waals surface area (Å²) in [4.78, 5) is 4.16. The van der Waals surface area contributed by atoms with Gasteiger partial charge < -0.3 is 11.1 Å². The van der Waals surface area contributed by atoms with E-state index in [1.807, 2.05) is 13.0 Å². The fourth-order valence-corrected chi connectivity index (χ4v) is 1.90. The molecule has 1 aromatic heterocycles. The molecule has 88 valence electrons. The minimum absolute atomic E-state index is 0.528. The van der Waals surface area contributed by atoms with Crippen molar-refractivity contribution in [1.29, 1.82) is 0 Å². The van der Waals surface area contributed by atoms with E-state index in [-0.39, 0.29) is 0 Å². The smallest absolute Gasteiger partial charge is 0.153 e. The molecule has 0 fully saturated rings. The summed E-state index contributed by atoms with van der Waals surface area (Å²) in [5.74, 6) is 0.556. The van der Waals surface area contributed by atoms with Crippen LogP contribution in [0, 0.1) is 6.92 Å². The van der Waals surface area contributed by atoms with Crippen molar-refractivity contribution in [3.63, 3.8) is 0 Å². The fraction of sp³-hybridized carbons (Fsp3) is 0.0833. The van der Waals surface area contributed by atoms with Crippen molar-refractivity contribution in [3.8, 4) is 0 Å². The van der Waals surface area contributed by atoms with E-state index in [0.29, 0.717) is 27.2 Å². The minimum atomic E-state index is 0.528. The maximum Gasteiger partial charge on any atom is 0.153 e. The Balaban J connectivity index is 2.42. The summed E-state index contributed by atoms with van der Waals surface area (Å²) in [6, 6.07) is 7.13. The standard InChI is InChI=1S/C12H11Cl2N3/c1-7-5-6-16-12(10(7)15)17-11-8(13)3-2-4-9(11)14/h2-6H,15H2,1H3,(H,16,17). The number of nitrogens with two attached hydrogens (primary N) is 1. The van der Waals surface area contributed by atoms with E-state index >= 15 is 0 Å². The predicted octanol–water partition coefficient (Wildman–Crippen LogP) is 4.02. The third-order valence-corrected chi connectivity index (χ3v) is 3.04. The Kier molecular flexibility index (Phi) is 3.41. The molecule has 0 aliphatic rings. The fourth-order valence-electron chi connectivity index (χ4n) is 1.40. The van der Waals surface area contributed by atoms with E-state index in [4.69, 9.17) is 28.9 Å². The average molecular weight is 268 g/mol. The van der Waals surface area contributed by atoms with Gasteiger partial charge in [-0.3, -0.25) is 0 Å². The lowest BCUT2D eigenvalue weighted by Gasteiger charge is -2.12. The van der Waals surface area contributed by atoms with Gasteiger partial charge in [-0.05, 0) is 30.7 Å². The minimum Gasteiger partial charge on any atom is -0.396 e. The molecule has 2 rings (SSSR count). The van der Waals surface area contributed by atoms with Crippen LogP contribution >= 0.6 is 23.2 Å². The van der Waals surface area contributed by atoms with Crippen LogP contribution in [0.15, 0.2) is 30.5 Å². The van der Waals surface area contributed by atoms with Gasteiger partial charge in [0.15, 0.2) is 5.82 Å². The first kappa shape index (κ1) is 12.0. The van der Waals surface area contributed by atoms with Crippen LogP contribution in [0.3, 0.4) is 0 Å². The second kappa shape index (κ2) is 4.82. The molecule has 5 heteroatoms. The van der Waals surface area contributed by atoms with Crippen LogP contribution in [0.1, 0.15) is 5.56 Å². The Hall–Kier alpha value is -1.45. The van der Waals surface area contributed by atoms with E-state index in [1.54, 1.807) is 24.4 Å². The average Bonchev–Trinajstić information content (AvgIpc) is 2.29. The zero-order chi connectivity index (χ0) is 12.4. The van der Waals surface area contributed by atoms with E-state index in [9.17, 15) is 0 Å². The van der Waals surface area contributed by atoms with Crippen molar-refractivity contribution in [1.82, 2.24) is 4.98 Å². The van der Waals surface area contributed by atoms with E-state index in [2.05, 4.69) is 10.3 Å². The molecule has 3 nitrogen and oxygen atoms in total. The molecule has 2 aromatic rings. The van der Waals surface area contributed by atoms with Gasteiger partial charge in [0.2, 0.25) is 0 Å². The summed E-state index contributed by atoms with van der Waals surface area (Å²) in [5, 5.41) is 4.11. The number of aromatic nitrogens is 1. The number of nitrogen functional groups attached to an aromatic ring is 1. The third-order valence-electron chi connectivity index (χ3n) is 2.41. The maximum atomic E-state index is 6.06. The van der Waals surface area contributed by atoms with Crippen molar-refractivity contribution in [3.05, 3.63) is 46.1 Å². The van der Waals surface area contributed by atoms with Gasteiger partial charge in [-0.15, -0.1) is 0 Å². The summed E-state index contributed by atoms with van der Waals surface area (Å²) in [6.07, 6.45) is 1.68. The van der Waals surface area contributed by atoms with Gasteiger partial charge in [0, 0.05) is 6.20 Å². The largest absolute Gasteiger partial charge is 0.396 e. The highest BCUT2D eigenvalue weighted by atomic mass is 35.5. The summed E-state index contributed by atoms with van der Waals surface area (Å²) < 4.78 is 0. The van der Waals surface area contributed by atoms with Gasteiger partial charge in [0.25, 0.3) is 0 Å². The molecule has 0 saturated carbocycles. The maximum absolute atomic E-state index is 6.06. The summed E-state index contributed by atoms with van der Waals surface area (Å²) >= 11 is 12.1. The number of benzene rings is 1. The SMILES string of the molecule is Cc1ccnc(Nc2c(Cl)cccc2Cl)c1N. The number of rotatable bonds is 2. The van der Waals surface area contributed by atoms with Gasteiger partial charge in [0.05, 0.1) is 21.4 Å². The lowest BCUT2D eigenvalue weighted by Crippen LogP contribution is -2.01. The Morgan fingerprint density at radius 1 is 1.18 bits per heavy atom. The zero-order valence-electron chi connectivity index (χ0n) is 9.17. The van der Waals surface area contributed by atoms with Crippen molar-refractivity contribution >= 4 is 40.4 Å². The van der Waals surface area contributed by atoms with Crippen LogP contribution in [0.4, 0.5) is 17.2 Å². The van der Waals surface area contributed by atoms with Crippen LogP contribution in [-0.4, -0.2) is 4.98 Å². The van der Waals surface area contributed by atoms with Crippen molar-refractivity contribution in [2.24, 2.45) is 0 Å². The van der Waals surface area contributed by atoms with Crippen LogP contribution < -0.4 is 11.1 Å². The second-order valence-corrected chi connectivity index (χ2v) is 4.43. The molecule has 0 aliphatic heterocycles. The molecule has 1 heterocycles. The monoisotopic (exact) mass is 267 g/mol. The number of nitrogens with one attached hydrogen (secondary N) is 1. The molecule has 0 spiro atoms. The Morgan fingerprint density at radius 3 is 2.47 bits per heavy atom. The van der Waals surface area contributed by atoms with Crippen LogP contribution in [0.25, 0.3) is 0 Å². The van der Waals surface area contributed by atoms with E-state index in [0.717, 1.165) is 5.56 Å². The summed E-state index contributed by atoms with van der Waals surface area (Å²) in [7, 11) is 0. The highest BCUT2D eigenvalue weighted by Gasteiger charge is 2.09. The topological polar surface area (TPSA) is 50.9 Å². The number of aryl methyl sites for hydroxylation is 1. The zero-order valence-corrected chi connectivity index (χ0v) is 10.7. The molecule has 0 unspecified atom stereocenters. The molecule has 0 aliphatic carbocycles. The third kappa shape index (κ3) is 2.46. The molecule has 17 heavy (non-hydrogen) atoms.